The highest BCUT2D eigenvalue weighted by Crippen LogP contribution is 2.51. The SMILES string of the molecule is CCCCCCCCCCCCCCCC(=O)OCC(COP(=O)(O)O[C@]1(C(=O)O)C[C@H](O)[C@@H](NC(C)=O)[C@H]([C@H](O)[C@@H](CO)O[C@]2(C(=O)O)C[C@H](O)[C@@H](NC(C)=O)[C@H]([C@H](O)[C@H](O)CO)O2)O1)OC(=O)CCCCCCCCCCCCCCC. The van der Waals surface area contributed by atoms with Crippen molar-refractivity contribution in [2.24, 2.45) is 0 Å². The van der Waals surface area contributed by atoms with Crippen molar-refractivity contribution in [1.29, 1.82) is 0 Å². The molecule has 2 rings (SSSR count). The molecule has 0 aromatic carbocycles. The van der Waals surface area contributed by atoms with Gasteiger partial charge in [0.25, 0.3) is 11.6 Å². The molecule has 14 atom stereocenters. The number of hydrogen-bond acceptors (Lipinski definition) is 21. The molecular weight excluding hydrogens is 1130 g/mol. The van der Waals surface area contributed by atoms with Gasteiger partial charge in [0.1, 0.15) is 43.2 Å². The highest BCUT2D eigenvalue weighted by atomic mass is 31.2. The van der Waals surface area contributed by atoms with Gasteiger partial charge in [-0.2, -0.15) is 0 Å². The van der Waals surface area contributed by atoms with Crippen molar-refractivity contribution in [2.45, 2.75) is 299 Å². The van der Waals surface area contributed by atoms with E-state index in [9.17, 15) is 84.2 Å². The van der Waals surface area contributed by atoms with Crippen LogP contribution in [-0.4, -0.2) is 192 Å². The lowest BCUT2D eigenvalue weighted by Crippen LogP contribution is -2.70. The topological polar surface area (TPSA) is 410 Å². The summed E-state index contributed by atoms with van der Waals surface area (Å²) in [4.78, 5) is 87.8. The highest BCUT2D eigenvalue weighted by molar-refractivity contribution is 7.47. The predicted molar refractivity (Wildman–Crippen MR) is 302 cm³/mol. The van der Waals surface area contributed by atoms with Crippen LogP contribution < -0.4 is 10.6 Å². The van der Waals surface area contributed by atoms with E-state index >= 15 is 0 Å². The maximum Gasteiger partial charge on any atom is 0.475 e. The fourth-order valence-corrected chi connectivity index (χ4v) is 11.4. The van der Waals surface area contributed by atoms with E-state index in [2.05, 4.69) is 24.5 Å². The van der Waals surface area contributed by atoms with Crippen LogP contribution in [0.1, 0.15) is 220 Å². The summed E-state index contributed by atoms with van der Waals surface area (Å²) in [5, 5.41) is 101. The molecule has 2 aliphatic heterocycles. The Labute approximate surface area is 495 Å². The molecule has 0 aliphatic carbocycles. The van der Waals surface area contributed by atoms with Gasteiger partial charge in [-0.05, 0) is 12.8 Å². The molecule has 2 unspecified atom stereocenters. The molecule has 2 heterocycles. The Hall–Kier alpha value is -3.47. The van der Waals surface area contributed by atoms with Crippen LogP contribution in [0.2, 0.25) is 0 Å². The van der Waals surface area contributed by atoms with Crippen LogP contribution in [0.3, 0.4) is 0 Å². The molecule has 26 nitrogen and oxygen atoms in total. The van der Waals surface area contributed by atoms with Crippen LogP contribution >= 0.6 is 7.82 Å². The van der Waals surface area contributed by atoms with Gasteiger partial charge in [0.05, 0.1) is 44.1 Å². The summed E-state index contributed by atoms with van der Waals surface area (Å²) in [6, 6.07) is -3.56. The van der Waals surface area contributed by atoms with Gasteiger partial charge in [-0.15, -0.1) is 0 Å². The Morgan fingerprint density at radius 3 is 1.33 bits per heavy atom. The van der Waals surface area contributed by atoms with E-state index in [4.69, 9.17) is 32.7 Å². The number of aliphatic carboxylic acids is 2. The van der Waals surface area contributed by atoms with Gasteiger partial charge in [-0.3, -0.25) is 23.7 Å². The van der Waals surface area contributed by atoms with Gasteiger partial charge in [0.15, 0.2) is 6.10 Å². The molecule has 2 fully saturated rings. The van der Waals surface area contributed by atoms with E-state index < -0.39 is 161 Å². The number of carboxylic acid groups (broad SMARTS) is 2. The largest absolute Gasteiger partial charge is 0.477 e. The summed E-state index contributed by atoms with van der Waals surface area (Å²) in [5.41, 5.74) is 0. The zero-order chi connectivity index (χ0) is 62.7. The summed E-state index contributed by atoms with van der Waals surface area (Å²) < 4.78 is 51.9. The lowest BCUT2D eigenvalue weighted by molar-refractivity contribution is -0.341. The molecule has 490 valence electrons. The Morgan fingerprint density at radius 1 is 0.560 bits per heavy atom. The van der Waals surface area contributed by atoms with Gasteiger partial charge in [-0.1, -0.05) is 168 Å². The molecule has 2 amide bonds. The molecule has 12 N–H and O–H groups in total. The summed E-state index contributed by atoms with van der Waals surface area (Å²) in [6.45, 7) is 2.09. The summed E-state index contributed by atoms with van der Waals surface area (Å²) in [7, 11) is -5.80. The number of phosphoric acid groups is 1. The van der Waals surface area contributed by atoms with Crippen LogP contribution in [0, 0.1) is 0 Å². The molecule has 27 heteroatoms. The molecule has 2 saturated heterocycles. The van der Waals surface area contributed by atoms with Crippen LogP contribution in [0.25, 0.3) is 0 Å². The van der Waals surface area contributed by atoms with E-state index in [1.807, 2.05) is 0 Å². The number of nitrogens with one attached hydrogen (secondary N) is 2. The first kappa shape index (κ1) is 76.6. The van der Waals surface area contributed by atoms with Crippen molar-refractivity contribution in [3.05, 3.63) is 0 Å². The third kappa shape index (κ3) is 28.6. The Bertz CT molecular complexity index is 1960. The predicted octanol–water partition coefficient (Wildman–Crippen LogP) is 4.86. The number of aliphatic hydroxyl groups excluding tert-OH is 7. The molecule has 0 bridgehead atoms. The fraction of sp³-hybridized carbons (Fsp3) is 0.895. The first-order chi connectivity index (χ1) is 39.9. The molecule has 0 saturated carbocycles. The lowest BCUT2D eigenvalue weighted by Gasteiger charge is -2.49. The van der Waals surface area contributed by atoms with Crippen molar-refractivity contribution < 1.29 is 117 Å². The van der Waals surface area contributed by atoms with Crippen molar-refractivity contribution in [3.63, 3.8) is 0 Å². The fourth-order valence-electron chi connectivity index (χ4n) is 10.4. The Balaban J connectivity index is 2.27. The second kappa shape index (κ2) is 41.6. The van der Waals surface area contributed by atoms with E-state index in [0.717, 1.165) is 71.6 Å². The third-order valence-corrected chi connectivity index (χ3v) is 16.1. The Morgan fingerprint density at radius 2 is 0.940 bits per heavy atom. The number of ether oxygens (including phenoxy) is 5. The van der Waals surface area contributed by atoms with Crippen molar-refractivity contribution >= 4 is 43.5 Å². The van der Waals surface area contributed by atoms with Crippen molar-refractivity contribution in [3.8, 4) is 0 Å². The van der Waals surface area contributed by atoms with Gasteiger partial charge >= 0.3 is 31.7 Å². The minimum absolute atomic E-state index is 0.0268. The molecule has 84 heavy (non-hydrogen) atoms. The number of hydrogen-bond donors (Lipinski definition) is 12. The third-order valence-electron chi connectivity index (χ3n) is 15.1. The average molecular weight is 1230 g/mol. The number of carbonyl (C=O) groups excluding carboxylic acids is 4. The number of unbranched alkanes of at least 4 members (excludes halogenated alkanes) is 24. The van der Waals surface area contributed by atoms with Crippen LogP contribution in [0.15, 0.2) is 0 Å². The van der Waals surface area contributed by atoms with Crippen LogP contribution in [0.4, 0.5) is 0 Å². The number of aliphatic hydroxyl groups is 7. The zero-order valence-electron chi connectivity index (χ0n) is 50.0. The van der Waals surface area contributed by atoms with E-state index in [0.29, 0.717) is 19.3 Å². The Kier molecular flexibility index (Phi) is 38.0. The molecule has 0 spiro atoms. The summed E-state index contributed by atoms with van der Waals surface area (Å²) in [5.74, 6) is -14.2. The number of phosphoric ester groups is 1. The second-order valence-corrected chi connectivity index (χ2v) is 23.9. The monoisotopic (exact) mass is 1230 g/mol. The molecule has 0 aromatic rings. The number of rotatable bonds is 48. The standard InChI is InChI=1S/C57H103N2O24P/c1-5-7-9-11-13-15-17-19-21-23-25-27-29-31-46(67)77-37-41(79-47(68)32-30-28-26-24-22-20-18-16-14-12-10-8-6-2)38-78-84(75,76)83-57(55(73)74)34-43(65)49(59-40(4)63)53(82-57)51(70)45(36-61)80-56(54(71)72)33-42(64)48(58-39(3)62)52(81-56)50(69)44(66)35-60/h41-45,48-53,60-61,64-66,69-70H,5-38H2,1-4H3,(H,58,62)(H,59,63)(H,71,72)(H,73,74)(H,75,76)/t41?,42-,43-,44+,45+,48+,49+,50+,51+,52+,53+,56+,57-/m0/s1. The summed E-state index contributed by atoms with van der Waals surface area (Å²) in [6.07, 6.45) is 6.14. The first-order valence-corrected chi connectivity index (χ1v) is 32.1. The normalized spacial score (nSPS) is 25.1. The van der Waals surface area contributed by atoms with Gasteiger partial charge < -0.3 is 85.2 Å². The molecule has 2 aliphatic rings. The van der Waals surface area contributed by atoms with Gasteiger partial charge in [-0.25, -0.2) is 18.7 Å². The molecule has 0 aromatic heterocycles. The zero-order valence-corrected chi connectivity index (χ0v) is 50.9. The maximum absolute atomic E-state index is 13.8. The van der Waals surface area contributed by atoms with Crippen LogP contribution in [0.5, 0.6) is 0 Å². The van der Waals surface area contributed by atoms with Gasteiger partial charge in [0.2, 0.25) is 11.8 Å². The van der Waals surface area contributed by atoms with Gasteiger partial charge in [0, 0.05) is 39.5 Å². The van der Waals surface area contributed by atoms with E-state index in [1.165, 1.54) is 89.9 Å². The lowest BCUT2D eigenvalue weighted by atomic mass is 9.87. The number of amides is 2. The van der Waals surface area contributed by atoms with Crippen molar-refractivity contribution in [1.82, 2.24) is 10.6 Å². The minimum atomic E-state index is -5.80. The van der Waals surface area contributed by atoms with Crippen LogP contribution in [-0.2, 0) is 66.1 Å². The average Bonchev–Trinajstić information content (AvgIpc) is 1.06. The minimum Gasteiger partial charge on any atom is -0.477 e. The highest BCUT2D eigenvalue weighted by Gasteiger charge is 2.61. The van der Waals surface area contributed by atoms with Crippen molar-refractivity contribution in [2.75, 3.05) is 26.4 Å². The molecule has 0 radical (unpaired) electrons. The second-order valence-electron chi connectivity index (χ2n) is 22.5. The molecular formula is C57H103N2O24P. The van der Waals surface area contributed by atoms with E-state index in [1.54, 1.807) is 0 Å². The number of carbonyl (C=O) groups is 6. The smallest absolute Gasteiger partial charge is 0.475 e. The number of esters is 2. The quantitative estimate of drug-likeness (QED) is 0.0220. The summed E-state index contributed by atoms with van der Waals surface area (Å²) >= 11 is 0. The van der Waals surface area contributed by atoms with E-state index in [-0.39, 0.29) is 12.8 Å². The maximum atomic E-state index is 13.8. The first-order valence-electron chi connectivity index (χ1n) is 30.6. The number of carboxylic acids is 2.